The zero-order chi connectivity index (χ0) is 12.0. The van der Waals surface area contributed by atoms with Gasteiger partial charge in [-0.25, -0.2) is 4.68 Å². The van der Waals surface area contributed by atoms with Crippen molar-refractivity contribution in [1.82, 2.24) is 9.78 Å². The van der Waals surface area contributed by atoms with E-state index >= 15 is 0 Å². The van der Waals surface area contributed by atoms with E-state index < -0.39 is 0 Å². The van der Waals surface area contributed by atoms with Crippen molar-refractivity contribution in [3.63, 3.8) is 0 Å². The summed E-state index contributed by atoms with van der Waals surface area (Å²) < 4.78 is 8.39. The summed E-state index contributed by atoms with van der Waals surface area (Å²) in [6.07, 6.45) is 2.25. The molecule has 3 rings (SSSR count). The molecule has 4 nitrogen and oxygen atoms in total. The molecule has 0 bridgehead atoms. The second-order valence-electron chi connectivity index (χ2n) is 4.66. The quantitative estimate of drug-likeness (QED) is 0.871. The first-order valence-corrected chi connectivity index (χ1v) is 6.65. The van der Waals surface area contributed by atoms with Crippen molar-refractivity contribution in [2.45, 2.75) is 32.1 Å². The van der Waals surface area contributed by atoms with Crippen LogP contribution in [0.15, 0.2) is 18.2 Å². The Balaban J connectivity index is 2.03. The van der Waals surface area contributed by atoms with Crippen molar-refractivity contribution < 1.29 is 9.84 Å². The van der Waals surface area contributed by atoms with E-state index in [2.05, 4.69) is 34.6 Å². The van der Waals surface area contributed by atoms with Crippen LogP contribution in [0.4, 0.5) is 0 Å². The monoisotopic (exact) mass is 344 g/mol. The van der Waals surface area contributed by atoms with Crippen molar-refractivity contribution in [2.24, 2.45) is 0 Å². The van der Waals surface area contributed by atoms with Crippen molar-refractivity contribution >= 4 is 33.5 Å². The largest absolute Gasteiger partial charge is 0.488 e. The molecule has 0 radical (unpaired) electrons. The van der Waals surface area contributed by atoms with Gasteiger partial charge in [0.05, 0.1) is 5.52 Å². The van der Waals surface area contributed by atoms with Gasteiger partial charge in [-0.15, -0.1) is 0 Å². The maximum Gasteiger partial charge on any atom is 0.136 e. The lowest BCUT2D eigenvalue weighted by Crippen LogP contribution is -2.11. The highest BCUT2D eigenvalue weighted by molar-refractivity contribution is 14.1. The Kier molecular flexibility index (Phi) is 2.55. The van der Waals surface area contributed by atoms with Gasteiger partial charge in [-0.2, -0.15) is 5.10 Å². The predicted molar refractivity (Wildman–Crippen MR) is 72.9 cm³/mol. The maximum atomic E-state index is 9.18. The van der Waals surface area contributed by atoms with Crippen molar-refractivity contribution in [2.75, 3.05) is 0 Å². The second kappa shape index (κ2) is 3.84. The van der Waals surface area contributed by atoms with Gasteiger partial charge in [-0.3, -0.25) is 0 Å². The highest BCUT2D eigenvalue weighted by atomic mass is 127. The number of ether oxygens (including phenoxy) is 1. The minimum absolute atomic E-state index is 0.0338. The molecular weight excluding hydrogens is 331 g/mol. The SMILES string of the molecule is CC1(Oc2ccc3c(c2)c(I)nn3CO)CC1. The number of halogens is 1. The molecule has 1 aliphatic carbocycles. The number of hydrogen-bond acceptors (Lipinski definition) is 3. The molecule has 1 N–H and O–H groups in total. The van der Waals surface area contributed by atoms with Crippen molar-refractivity contribution in [1.29, 1.82) is 0 Å². The van der Waals surface area contributed by atoms with E-state index in [1.165, 1.54) is 0 Å². The Morgan fingerprint density at radius 1 is 1.53 bits per heavy atom. The molecule has 1 saturated carbocycles. The molecule has 90 valence electrons. The summed E-state index contributed by atoms with van der Waals surface area (Å²) >= 11 is 2.17. The van der Waals surface area contributed by atoms with Crippen LogP contribution in [-0.4, -0.2) is 20.5 Å². The van der Waals surface area contributed by atoms with Crippen LogP contribution in [-0.2, 0) is 6.73 Å². The third-order valence-electron chi connectivity index (χ3n) is 3.13. The number of hydrogen-bond donors (Lipinski definition) is 1. The lowest BCUT2D eigenvalue weighted by Gasteiger charge is -2.12. The molecule has 2 aromatic rings. The van der Waals surface area contributed by atoms with Crippen molar-refractivity contribution in [3.8, 4) is 5.75 Å². The van der Waals surface area contributed by atoms with Crippen LogP contribution < -0.4 is 4.74 Å². The fourth-order valence-corrected chi connectivity index (χ4v) is 2.55. The van der Waals surface area contributed by atoms with E-state index in [0.717, 1.165) is 33.2 Å². The average molecular weight is 344 g/mol. The van der Waals surface area contributed by atoms with Gasteiger partial charge in [0.25, 0.3) is 0 Å². The first-order valence-electron chi connectivity index (χ1n) is 5.57. The van der Waals surface area contributed by atoms with Crippen LogP contribution in [0.2, 0.25) is 0 Å². The minimum atomic E-state index is -0.0998. The number of aliphatic hydroxyl groups excluding tert-OH is 1. The second-order valence-corrected chi connectivity index (χ2v) is 5.68. The van der Waals surface area contributed by atoms with Crippen molar-refractivity contribution in [3.05, 3.63) is 21.9 Å². The number of aliphatic hydroxyl groups is 1. The molecule has 0 saturated heterocycles. The first kappa shape index (κ1) is 11.3. The number of rotatable bonds is 3. The van der Waals surface area contributed by atoms with E-state index in [-0.39, 0.29) is 12.3 Å². The summed E-state index contributed by atoms with van der Waals surface area (Å²) in [4.78, 5) is 0. The minimum Gasteiger partial charge on any atom is -0.488 e. The Morgan fingerprint density at radius 2 is 2.29 bits per heavy atom. The van der Waals surface area contributed by atoms with Crippen LogP contribution in [0.5, 0.6) is 5.75 Å². The van der Waals surface area contributed by atoms with Crippen LogP contribution in [0.1, 0.15) is 19.8 Å². The van der Waals surface area contributed by atoms with E-state index in [9.17, 15) is 5.11 Å². The molecule has 0 unspecified atom stereocenters. The zero-order valence-electron chi connectivity index (χ0n) is 9.48. The summed E-state index contributed by atoms with van der Waals surface area (Å²) in [7, 11) is 0. The third kappa shape index (κ3) is 2.01. The molecule has 1 aromatic carbocycles. The summed E-state index contributed by atoms with van der Waals surface area (Å²) in [5, 5.41) is 14.5. The average Bonchev–Trinajstić information content (AvgIpc) is 2.94. The molecular formula is C12H13IN2O2. The maximum absolute atomic E-state index is 9.18. The van der Waals surface area contributed by atoms with E-state index in [1.807, 2.05) is 18.2 Å². The normalized spacial score (nSPS) is 17.4. The van der Waals surface area contributed by atoms with E-state index in [0.29, 0.717) is 0 Å². The van der Waals surface area contributed by atoms with Gasteiger partial charge in [0.1, 0.15) is 21.8 Å². The molecule has 1 aliphatic rings. The van der Waals surface area contributed by atoms with Gasteiger partial charge in [0.15, 0.2) is 0 Å². The van der Waals surface area contributed by atoms with Gasteiger partial charge >= 0.3 is 0 Å². The Morgan fingerprint density at radius 3 is 2.94 bits per heavy atom. The number of benzene rings is 1. The first-order chi connectivity index (χ1) is 8.11. The summed E-state index contributed by atoms with van der Waals surface area (Å²) in [5.41, 5.74) is 0.969. The van der Waals surface area contributed by atoms with Crippen LogP contribution in [0.25, 0.3) is 10.9 Å². The molecule has 0 spiro atoms. The standard InChI is InChI=1S/C12H13IN2O2/c1-12(4-5-12)17-8-2-3-10-9(6-8)11(13)14-15(10)7-16/h2-3,6,16H,4-5,7H2,1H3. The molecule has 5 heteroatoms. The fraction of sp³-hybridized carbons (Fsp3) is 0.417. The number of nitrogens with zero attached hydrogens (tertiary/aromatic N) is 2. The van der Waals surface area contributed by atoms with Gasteiger partial charge in [0, 0.05) is 5.39 Å². The number of fused-ring (bicyclic) bond motifs is 1. The smallest absolute Gasteiger partial charge is 0.136 e. The van der Waals surface area contributed by atoms with Gasteiger partial charge in [-0.1, -0.05) is 0 Å². The summed E-state index contributed by atoms with van der Waals surface area (Å²) in [6.45, 7) is 2.02. The zero-order valence-corrected chi connectivity index (χ0v) is 11.6. The topological polar surface area (TPSA) is 47.3 Å². The van der Waals surface area contributed by atoms with E-state index in [1.54, 1.807) is 4.68 Å². The molecule has 0 amide bonds. The van der Waals surface area contributed by atoms with Gasteiger partial charge < -0.3 is 9.84 Å². The molecule has 1 aromatic heterocycles. The van der Waals surface area contributed by atoms with Gasteiger partial charge in [-0.05, 0) is 60.6 Å². The summed E-state index contributed by atoms with van der Waals surface area (Å²) in [6, 6.07) is 5.89. The van der Waals surface area contributed by atoms with Crippen LogP contribution in [0.3, 0.4) is 0 Å². The molecule has 0 aliphatic heterocycles. The van der Waals surface area contributed by atoms with E-state index in [4.69, 9.17) is 4.74 Å². The third-order valence-corrected chi connectivity index (χ3v) is 3.93. The molecule has 17 heavy (non-hydrogen) atoms. The highest BCUT2D eigenvalue weighted by Gasteiger charge is 2.40. The lowest BCUT2D eigenvalue weighted by molar-refractivity contribution is 0.198. The summed E-state index contributed by atoms with van der Waals surface area (Å²) in [5.74, 6) is 0.882. The molecule has 0 atom stereocenters. The predicted octanol–water partition coefficient (Wildman–Crippen LogP) is 2.52. The van der Waals surface area contributed by atoms with Gasteiger partial charge in [0.2, 0.25) is 0 Å². The molecule has 1 heterocycles. The van der Waals surface area contributed by atoms with Crippen LogP contribution >= 0.6 is 22.6 Å². The Labute approximate surface area is 113 Å². The highest BCUT2D eigenvalue weighted by Crippen LogP contribution is 2.40. The Hall–Kier alpha value is -0.820. The fourth-order valence-electron chi connectivity index (χ4n) is 1.85. The Bertz CT molecular complexity index is 575. The number of aromatic nitrogens is 2. The molecule has 1 fully saturated rings. The van der Waals surface area contributed by atoms with Crippen LogP contribution in [0, 0.1) is 3.70 Å². The lowest BCUT2D eigenvalue weighted by atomic mass is 10.2.